The van der Waals surface area contributed by atoms with Crippen molar-refractivity contribution in [1.29, 1.82) is 0 Å². The number of carbonyl (C=O) groups excluding carboxylic acids is 3. The van der Waals surface area contributed by atoms with Crippen molar-refractivity contribution in [3.05, 3.63) is 35.9 Å². The molecule has 9 heteroatoms. The van der Waals surface area contributed by atoms with E-state index >= 15 is 0 Å². The number of carbonyl (C=O) groups is 3. The number of nitrogens with zero attached hydrogens (tertiary/aromatic N) is 2. The first-order chi connectivity index (χ1) is 13.4. The number of hydrogen-bond donors (Lipinski definition) is 2. The molecule has 1 aromatic carbocycles. The van der Waals surface area contributed by atoms with E-state index in [4.69, 9.17) is 4.74 Å². The summed E-state index contributed by atoms with van der Waals surface area (Å²) < 4.78 is 5.33. The Kier molecular flexibility index (Phi) is 6.58. The van der Waals surface area contributed by atoms with Gasteiger partial charge in [0.1, 0.15) is 6.61 Å². The molecule has 2 N–H and O–H groups in total. The lowest BCUT2D eigenvalue weighted by Gasteiger charge is -2.50. The smallest absolute Gasteiger partial charge is 0.327 e. The number of fused-ring (bicyclic) bond motifs is 1. The molecule has 0 bridgehead atoms. The number of rotatable bonds is 6. The first kappa shape index (κ1) is 20.6. The highest BCUT2D eigenvalue weighted by molar-refractivity contribution is 8.00. The molecule has 0 spiro atoms. The molecule has 0 aromatic heterocycles. The molecule has 1 aromatic rings. The topological polar surface area (TPSA) is 91.0 Å². The van der Waals surface area contributed by atoms with E-state index in [9.17, 15) is 14.4 Å². The minimum Gasteiger partial charge on any atom is -0.460 e. The SMILES string of the molecule is CCC1NC(SCC(=O)OCc2ccccc2)C2C(=O)N(C)C(=O)N(C)C2N1. The van der Waals surface area contributed by atoms with E-state index in [0.29, 0.717) is 0 Å². The summed E-state index contributed by atoms with van der Waals surface area (Å²) in [4.78, 5) is 39.9. The minimum atomic E-state index is -0.484. The molecule has 3 amide bonds. The largest absolute Gasteiger partial charge is 0.460 e. The molecule has 0 radical (unpaired) electrons. The van der Waals surface area contributed by atoms with Gasteiger partial charge in [0.05, 0.1) is 29.4 Å². The maximum Gasteiger partial charge on any atom is 0.327 e. The van der Waals surface area contributed by atoms with E-state index in [-0.39, 0.29) is 41.8 Å². The van der Waals surface area contributed by atoms with Gasteiger partial charge in [-0.25, -0.2) is 4.79 Å². The average molecular weight is 407 g/mol. The summed E-state index contributed by atoms with van der Waals surface area (Å²) in [7, 11) is 3.17. The van der Waals surface area contributed by atoms with Crippen LogP contribution in [0.4, 0.5) is 4.79 Å². The lowest BCUT2D eigenvalue weighted by atomic mass is 9.97. The third-order valence-corrected chi connectivity index (χ3v) is 6.25. The Labute approximate surface area is 169 Å². The van der Waals surface area contributed by atoms with Crippen LogP contribution in [-0.4, -0.2) is 65.3 Å². The maximum atomic E-state index is 12.7. The molecular formula is C19H26N4O4S. The number of benzene rings is 1. The summed E-state index contributed by atoms with van der Waals surface area (Å²) in [6, 6.07) is 9.16. The average Bonchev–Trinajstić information content (AvgIpc) is 2.73. The molecule has 2 heterocycles. The van der Waals surface area contributed by atoms with Crippen molar-refractivity contribution in [2.45, 2.75) is 37.7 Å². The predicted octanol–water partition coefficient (Wildman–Crippen LogP) is 1.18. The fourth-order valence-corrected chi connectivity index (χ4v) is 4.57. The van der Waals surface area contributed by atoms with E-state index in [1.54, 1.807) is 11.9 Å². The van der Waals surface area contributed by atoms with Crippen molar-refractivity contribution in [3.8, 4) is 0 Å². The lowest BCUT2D eigenvalue weighted by Crippen LogP contribution is -2.74. The maximum absolute atomic E-state index is 12.7. The van der Waals surface area contributed by atoms with E-state index in [1.807, 2.05) is 37.3 Å². The first-order valence-electron chi connectivity index (χ1n) is 9.30. The fourth-order valence-electron chi connectivity index (χ4n) is 3.44. The summed E-state index contributed by atoms with van der Waals surface area (Å²) in [6.07, 6.45) is 0.330. The van der Waals surface area contributed by atoms with Gasteiger partial charge in [-0.3, -0.25) is 25.1 Å². The van der Waals surface area contributed by atoms with Crippen molar-refractivity contribution in [3.63, 3.8) is 0 Å². The molecule has 3 rings (SSSR count). The van der Waals surface area contributed by atoms with Gasteiger partial charge in [-0.1, -0.05) is 37.3 Å². The van der Waals surface area contributed by atoms with Crippen molar-refractivity contribution in [1.82, 2.24) is 20.4 Å². The van der Waals surface area contributed by atoms with Crippen molar-refractivity contribution in [2.24, 2.45) is 5.92 Å². The first-order valence-corrected chi connectivity index (χ1v) is 10.3. The second kappa shape index (κ2) is 8.93. The van der Waals surface area contributed by atoms with Gasteiger partial charge in [0.15, 0.2) is 0 Å². The highest BCUT2D eigenvalue weighted by Crippen LogP contribution is 2.31. The van der Waals surface area contributed by atoms with E-state index < -0.39 is 12.1 Å². The normalized spacial score (nSPS) is 27.5. The van der Waals surface area contributed by atoms with Gasteiger partial charge in [0, 0.05) is 14.1 Å². The third-order valence-electron chi connectivity index (χ3n) is 5.06. The van der Waals surface area contributed by atoms with Crippen LogP contribution in [0.1, 0.15) is 18.9 Å². The summed E-state index contributed by atoms with van der Waals surface area (Å²) >= 11 is 1.34. The van der Waals surface area contributed by atoms with E-state index in [1.165, 1.54) is 18.8 Å². The molecule has 4 atom stereocenters. The molecular weight excluding hydrogens is 380 g/mol. The molecule has 8 nitrogen and oxygen atoms in total. The Morgan fingerprint density at radius 3 is 2.57 bits per heavy atom. The predicted molar refractivity (Wildman–Crippen MR) is 106 cm³/mol. The highest BCUT2D eigenvalue weighted by Gasteiger charge is 2.50. The van der Waals surface area contributed by atoms with Crippen LogP contribution in [0, 0.1) is 5.92 Å². The number of imide groups is 1. The molecule has 2 aliphatic rings. The molecule has 28 heavy (non-hydrogen) atoms. The minimum absolute atomic E-state index is 0.0504. The zero-order valence-corrected chi connectivity index (χ0v) is 17.1. The van der Waals surface area contributed by atoms with E-state index in [0.717, 1.165) is 16.9 Å². The summed E-state index contributed by atoms with van der Waals surface area (Å²) in [6.45, 7) is 2.24. The number of thioether (sulfide) groups is 1. The lowest BCUT2D eigenvalue weighted by molar-refractivity contribution is -0.142. The number of urea groups is 1. The van der Waals surface area contributed by atoms with Gasteiger partial charge in [0.25, 0.3) is 0 Å². The quantitative estimate of drug-likeness (QED) is 0.686. The van der Waals surface area contributed by atoms with Gasteiger partial charge >= 0.3 is 12.0 Å². The van der Waals surface area contributed by atoms with Crippen LogP contribution in [0.5, 0.6) is 0 Å². The van der Waals surface area contributed by atoms with Gasteiger partial charge in [0.2, 0.25) is 5.91 Å². The summed E-state index contributed by atoms with van der Waals surface area (Å²) in [5, 5.41) is 6.39. The summed E-state index contributed by atoms with van der Waals surface area (Å²) in [5.74, 6) is -0.946. The second-order valence-electron chi connectivity index (χ2n) is 6.93. The standard InChI is InChI=1S/C19H26N4O4S/c1-4-13-20-16-15(18(25)23(3)19(26)22(16)2)17(21-13)28-11-14(24)27-10-12-8-6-5-7-9-12/h5-9,13,15-17,20-21H,4,10-11H2,1-3H3. The Morgan fingerprint density at radius 1 is 1.18 bits per heavy atom. The Balaban J connectivity index is 1.63. The van der Waals surface area contributed by atoms with Crippen molar-refractivity contribution >= 4 is 29.7 Å². The Bertz CT molecular complexity index is 732. The number of ether oxygens (including phenoxy) is 1. The molecule has 2 saturated heterocycles. The molecule has 2 fully saturated rings. The van der Waals surface area contributed by atoms with Crippen molar-refractivity contribution in [2.75, 3.05) is 19.8 Å². The van der Waals surface area contributed by atoms with Crippen LogP contribution in [0.3, 0.4) is 0 Å². The zero-order chi connectivity index (χ0) is 20.3. The highest BCUT2D eigenvalue weighted by atomic mass is 32.2. The zero-order valence-electron chi connectivity index (χ0n) is 16.3. The number of amides is 3. The number of nitrogens with one attached hydrogen (secondary N) is 2. The molecule has 2 aliphatic heterocycles. The molecule has 0 saturated carbocycles. The Hall–Kier alpha value is -2.10. The summed E-state index contributed by atoms with van der Waals surface area (Å²) in [5.41, 5.74) is 0.927. The molecule has 4 unspecified atom stereocenters. The number of esters is 1. The van der Waals surface area contributed by atoms with Gasteiger partial charge in [-0.15, -0.1) is 11.8 Å². The third kappa shape index (κ3) is 4.31. The Morgan fingerprint density at radius 2 is 1.89 bits per heavy atom. The van der Waals surface area contributed by atoms with Gasteiger partial charge in [-0.2, -0.15) is 0 Å². The van der Waals surface area contributed by atoms with Gasteiger partial charge in [-0.05, 0) is 12.0 Å². The molecule has 152 valence electrons. The van der Waals surface area contributed by atoms with Crippen LogP contribution in [0.2, 0.25) is 0 Å². The second-order valence-corrected chi connectivity index (χ2v) is 8.06. The van der Waals surface area contributed by atoms with Crippen LogP contribution in [0.25, 0.3) is 0 Å². The monoisotopic (exact) mass is 406 g/mol. The van der Waals surface area contributed by atoms with Crippen LogP contribution < -0.4 is 10.6 Å². The van der Waals surface area contributed by atoms with Crippen LogP contribution >= 0.6 is 11.8 Å². The van der Waals surface area contributed by atoms with E-state index in [2.05, 4.69) is 10.6 Å². The molecule has 0 aliphatic carbocycles. The number of hydrogen-bond acceptors (Lipinski definition) is 7. The van der Waals surface area contributed by atoms with Gasteiger partial charge < -0.3 is 9.64 Å². The van der Waals surface area contributed by atoms with Crippen LogP contribution in [0.15, 0.2) is 30.3 Å². The van der Waals surface area contributed by atoms with Crippen LogP contribution in [-0.2, 0) is 20.9 Å². The van der Waals surface area contributed by atoms with Crippen molar-refractivity contribution < 1.29 is 19.1 Å². The fraction of sp³-hybridized carbons (Fsp3) is 0.526.